The molecule has 0 saturated heterocycles. The minimum Gasteiger partial charge on any atom is -0.273 e. The molecule has 1 N–H and O–H groups in total. The molecule has 0 radical (unpaired) electrons. The first-order chi connectivity index (χ1) is 7.33. The van der Waals surface area contributed by atoms with E-state index in [1.54, 1.807) is 0 Å². The highest BCUT2D eigenvalue weighted by molar-refractivity contribution is 5.87. The molecule has 0 spiro atoms. The zero-order valence-corrected chi connectivity index (χ0v) is 9.72. The van der Waals surface area contributed by atoms with Crippen molar-refractivity contribution in [1.82, 2.24) is 5.43 Å². The molecular weight excluding hydrogens is 188 g/mol. The summed E-state index contributed by atoms with van der Waals surface area (Å²) >= 11 is 0. The van der Waals surface area contributed by atoms with Crippen LogP contribution in [0.2, 0.25) is 0 Å². The minimum absolute atomic E-state index is 0.0745. The van der Waals surface area contributed by atoms with E-state index in [1.165, 1.54) is 25.7 Å². The number of hydrazone groups is 1. The Bertz CT molecular complexity index is 216. The molecule has 3 heteroatoms. The fourth-order valence-corrected chi connectivity index (χ4v) is 1.80. The Hall–Kier alpha value is -0.860. The highest BCUT2D eigenvalue weighted by Crippen LogP contribution is 2.13. The molecule has 1 rings (SSSR count). The summed E-state index contributed by atoms with van der Waals surface area (Å²) in [5.41, 5.74) is 3.81. The molecule has 1 aliphatic rings. The molecule has 0 bridgehead atoms. The van der Waals surface area contributed by atoms with E-state index in [0.29, 0.717) is 6.42 Å². The van der Waals surface area contributed by atoms with Gasteiger partial charge in [-0.2, -0.15) is 5.10 Å². The van der Waals surface area contributed by atoms with Crippen molar-refractivity contribution in [3.05, 3.63) is 0 Å². The van der Waals surface area contributed by atoms with Crippen molar-refractivity contribution in [2.45, 2.75) is 64.7 Å². The Morgan fingerprint density at radius 3 is 2.67 bits per heavy atom. The van der Waals surface area contributed by atoms with E-state index in [1.807, 2.05) is 0 Å². The lowest BCUT2D eigenvalue weighted by Crippen LogP contribution is -2.18. The molecule has 15 heavy (non-hydrogen) atoms. The average molecular weight is 210 g/mol. The highest BCUT2D eigenvalue weighted by Gasteiger charge is 2.08. The normalized spacial score (nSPS) is 15.4. The van der Waals surface area contributed by atoms with Crippen LogP contribution in [0.5, 0.6) is 0 Å². The first kappa shape index (κ1) is 12.2. The Morgan fingerprint density at radius 1 is 1.27 bits per heavy atom. The van der Waals surface area contributed by atoms with Crippen molar-refractivity contribution in [3.8, 4) is 0 Å². The van der Waals surface area contributed by atoms with Crippen LogP contribution in [0.25, 0.3) is 0 Å². The van der Waals surface area contributed by atoms with Crippen LogP contribution >= 0.6 is 0 Å². The van der Waals surface area contributed by atoms with E-state index in [2.05, 4.69) is 17.5 Å². The molecule has 0 aliphatic heterocycles. The third-order valence-corrected chi connectivity index (χ3v) is 2.78. The summed E-state index contributed by atoms with van der Waals surface area (Å²) in [6, 6.07) is 0. The SMILES string of the molecule is CCCCCCC(=O)NN=C1CCCC1. The molecule has 3 nitrogen and oxygen atoms in total. The summed E-state index contributed by atoms with van der Waals surface area (Å²) in [5, 5.41) is 4.14. The van der Waals surface area contributed by atoms with E-state index < -0.39 is 0 Å². The van der Waals surface area contributed by atoms with Gasteiger partial charge < -0.3 is 0 Å². The number of carbonyl (C=O) groups is 1. The molecular formula is C12H22N2O. The number of carbonyl (C=O) groups excluding carboxylic acids is 1. The Morgan fingerprint density at radius 2 is 2.00 bits per heavy atom. The molecule has 0 aromatic carbocycles. The predicted octanol–water partition coefficient (Wildman–Crippen LogP) is 3.00. The van der Waals surface area contributed by atoms with Gasteiger partial charge in [-0.25, -0.2) is 5.43 Å². The van der Waals surface area contributed by atoms with Crippen LogP contribution in [-0.2, 0) is 4.79 Å². The molecule has 0 unspecified atom stereocenters. The maximum atomic E-state index is 11.3. The van der Waals surface area contributed by atoms with E-state index in [9.17, 15) is 4.79 Å². The van der Waals surface area contributed by atoms with Gasteiger partial charge in [0.1, 0.15) is 0 Å². The largest absolute Gasteiger partial charge is 0.273 e. The van der Waals surface area contributed by atoms with Crippen LogP contribution in [0.1, 0.15) is 64.7 Å². The number of nitrogens with zero attached hydrogens (tertiary/aromatic N) is 1. The summed E-state index contributed by atoms with van der Waals surface area (Å²) in [7, 11) is 0. The number of amides is 1. The smallest absolute Gasteiger partial charge is 0.240 e. The summed E-state index contributed by atoms with van der Waals surface area (Å²) in [6.45, 7) is 2.17. The molecule has 0 aromatic rings. The van der Waals surface area contributed by atoms with Gasteiger partial charge in [0.05, 0.1) is 0 Å². The fraction of sp³-hybridized carbons (Fsp3) is 0.833. The Labute approximate surface area is 92.3 Å². The highest BCUT2D eigenvalue weighted by atomic mass is 16.2. The van der Waals surface area contributed by atoms with Gasteiger partial charge in [0.2, 0.25) is 5.91 Å². The Kier molecular flexibility index (Phi) is 6.05. The van der Waals surface area contributed by atoms with Crippen molar-refractivity contribution in [3.63, 3.8) is 0 Å². The van der Waals surface area contributed by atoms with Gasteiger partial charge in [0.25, 0.3) is 0 Å². The van der Waals surface area contributed by atoms with Crippen LogP contribution in [0.15, 0.2) is 5.10 Å². The first-order valence-corrected chi connectivity index (χ1v) is 6.17. The third kappa shape index (κ3) is 5.55. The lowest BCUT2D eigenvalue weighted by Gasteiger charge is -2.00. The number of hydrogen-bond acceptors (Lipinski definition) is 2. The second kappa shape index (κ2) is 7.43. The lowest BCUT2D eigenvalue weighted by atomic mass is 10.1. The van der Waals surface area contributed by atoms with Gasteiger partial charge >= 0.3 is 0 Å². The van der Waals surface area contributed by atoms with Crippen molar-refractivity contribution in [2.24, 2.45) is 5.10 Å². The summed E-state index contributed by atoms with van der Waals surface area (Å²) in [5.74, 6) is 0.0745. The molecule has 1 fully saturated rings. The molecule has 0 aromatic heterocycles. The molecule has 1 saturated carbocycles. The van der Waals surface area contributed by atoms with Crippen LogP contribution < -0.4 is 5.43 Å². The second-order valence-corrected chi connectivity index (χ2v) is 4.23. The third-order valence-electron chi connectivity index (χ3n) is 2.78. The van der Waals surface area contributed by atoms with Gasteiger partial charge in [-0.05, 0) is 32.1 Å². The van der Waals surface area contributed by atoms with Crippen LogP contribution in [-0.4, -0.2) is 11.6 Å². The molecule has 86 valence electrons. The minimum atomic E-state index is 0.0745. The van der Waals surface area contributed by atoms with Gasteiger partial charge in [-0.3, -0.25) is 4.79 Å². The van der Waals surface area contributed by atoms with Crippen molar-refractivity contribution in [2.75, 3.05) is 0 Å². The number of rotatable bonds is 6. The average Bonchev–Trinajstić information content (AvgIpc) is 2.74. The fourth-order valence-electron chi connectivity index (χ4n) is 1.80. The summed E-state index contributed by atoms with van der Waals surface area (Å²) in [6.07, 6.45) is 9.79. The van der Waals surface area contributed by atoms with E-state index in [0.717, 1.165) is 31.4 Å². The van der Waals surface area contributed by atoms with Gasteiger partial charge in [0.15, 0.2) is 0 Å². The summed E-state index contributed by atoms with van der Waals surface area (Å²) < 4.78 is 0. The number of hydrogen-bond donors (Lipinski definition) is 1. The van der Waals surface area contributed by atoms with E-state index >= 15 is 0 Å². The molecule has 1 amide bonds. The number of unbranched alkanes of at least 4 members (excludes halogenated alkanes) is 3. The van der Waals surface area contributed by atoms with E-state index in [-0.39, 0.29) is 5.91 Å². The Balaban J connectivity index is 2.05. The molecule has 0 atom stereocenters. The standard InChI is InChI=1S/C12H22N2O/c1-2-3-4-5-10-12(15)14-13-11-8-6-7-9-11/h2-10H2,1H3,(H,14,15). The maximum absolute atomic E-state index is 11.3. The zero-order valence-electron chi connectivity index (χ0n) is 9.72. The van der Waals surface area contributed by atoms with E-state index in [4.69, 9.17) is 0 Å². The lowest BCUT2D eigenvalue weighted by molar-refractivity contribution is -0.121. The van der Waals surface area contributed by atoms with Crippen molar-refractivity contribution in [1.29, 1.82) is 0 Å². The van der Waals surface area contributed by atoms with Crippen molar-refractivity contribution < 1.29 is 4.79 Å². The van der Waals surface area contributed by atoms with Crippen LogP contribution in [0, 0.1) is 0 Å². The summed E-state index contributed by atoms with van der Waals surface area (Å²) in [4.78, 5) is 11.3. The molecule has 1 aliphatic carbocycles. The second-order valence-electron chi connectivity index (χ2n) is 4.23. The maximum Gasteiger partial charge on any atom is 0.240 e. The zero-order chi connectivity index (χ0) is 10.9. The first-order valence-electron chi connectivity index (χ1n) is 6.17. The van der Waals surface area contributed by atoms with Gasteiger partial charge in [0, 0.05) is 12.1 Å². The predicted molar refractivity (Wildman–Crippen MR) is 62.8 cm³/mol. The van der Waals surface area contributed by atoms with Crippen LogP contribution in [0.3, 0.4) is 0 Å². The van der Waals surface area contributed by atoms with Gasteiger partial charge in [-0.1, -0.05) is 26.2 Å². The van der Waals surface area contributed by atoms with Crippen molar-refractivity contribution >= 4 is 11.6 Å². The van der Waals surface area contributed by atoms with Gasteiger partial charge in [-0.15, -0.1) is 0 Å². The number of nitrogens with one attached hydrogen (secondary N) is 1. The topological polar surface area (TPSA) is 41.5 Å². The molecule has 0 heterocycles. The quantitative estimate of drug-likeness (QED) is 0.531. The van der Waals surface area contributed by atoms with Crippen LogP contribution in [0.4, 0.5) is 0 Å². The monoisotopic (exact) mass is 210 g/mol.